The van der Waals surface area contributed by atoms with Gasteiger partial charge in [0.15, 0.2) is 11.6 Å². The van der Waals surface area contributed by atoms with Gasteiger partial charge in [0.2, 0.25) is 5.82 Å². The first-order valence-electron chi connectivity index (χ1n) is 11.7. The fourth-order valence-electron chi connectivity index (χ4n) is 4.09. The lowest BCUT2D eigenvalue weighted by molar-refractivity contribution is -0.00856. The molecule has 0 aliphatic heterocycles. The fraction of sp³-hybridized carbons (Fsp3) is 0.720. The van der Waals surface area contributed by atoms with Crippen molar-refractivity contribution in [2.24, 2.45) is 5.92 Å². The van der Waals surface area contributed by atoms with Crippen molar-refractivity contribution in [3.05, 3.63) is 29.3 Å². The molecule has 0 atom stereocenters. The Balaban J connectivity index is 1.77. The molecule has 0 N–H and O–H groups in total. The van der Waals surface area contributed by atoms with Crippen LogP contribution in [0.4, 0.5) is 13.6 Å². The molecule has 6 heteroatoms. The van der Waals surface area contributed by atoms with Crippen molar-refractivity contribution in [1.29, 1.82) is 0 Å². The summed E-state index contributed by atoms with van der Waals surface area (Å²) in [4.78, 5) is 11.5. The maximum Gasteiger partial charge on any atom is 0.508 e. The second-order valence-electron chi connectivity index (χ2n) is 9.51. The Bertz CT molecular complexity index is 691. The third-order valence-electron chi connectivity index (χ3n) is 5.73. The zero-order valence-electron chi connectivity index (χ0n) is 19.5. The highest BCUT2D eigenvalue weighted by molar-refractivity contribution is 5.60. The van der Waals surface area contributed by atoms with Crippen molar-refractivity contribution < 1.29 is 27.8 Å². The van der Waals surface area contributed by atoms with E-state index in [0.29, 0.717) is 12.0 Å². The van der Waals surface area contributed by atoms with Crippen LogP contribution in [0.1, 0.15) is 97.0 Å². The van der Waals surface area contributed by atoms with Gasteiger partial charge in [-0.2, -0.15) is 4.39 Å². The van der Waals surface area contributed by atoms with Crippen LogP contribution in [-0.4, -0.2) is 25.0 Å². The van der Waals surface area contributed by atoms with Crippen LogP contribution in [0.5, 0.6) is 5.75 Å². The maximum atomic E-state index is 14.7. The molecule has 1 aromatic rings. The molecule has 0 unspecified atom stereocenters. The average Bonchev–Trinajstić information content (AvgIpc) is 2.70. The molecular weight excluding hydrogens is 402 g/mol. The van der Waals surface area contributed by atoms with Crippen LogP contribution in [-0.2, 0) is 9.47 Å². The van der Waals surface area contributed by atoms with Gasteiger partial charge in [0.05, 0.1) is 13.2 Å². The van der Waals surface area contributed by atoms with Crippen molar-refractivity contribution in [3.63, 3.8) is 0 Å². The van der Waals surface area contributed by atoms with E-state index in [0.717, 1.165) is 31.6 Å². The number of carbonyl (C=O) groups is 1. The molecular formula is C25H38F2O4. The topological polar surface area (TPSA) is 44.8 Å². The highest BCUT2D eigenvalue weighted by atomic mass is 19.2. The van der Waals surface area contributed by atoms with E-state index < -0.39 is 23.4 Å². The molecule has 0 radical (unpaired) electrons. The molecule has 0 bridgehead atoms. The van der Waals surface area contributed by atoms with E-state index in [1.165, 1.54) is 31.7 Å². The number of ether oxygens (including phenoxy) is 3. The SMILES string of the molecule is CCCCC[C@H]1CC[C@H](c2ccc(OCCCOC(=O)OC(C)(C)C)c(F)c2F)CC1. The van der Waals surface area contributed by atoms with Gasteiger partial charge in [-0.15, -0.1) is 0 Å². The first-order chi connectivity index (χ1) is 14.7. The molecule has 1 fully saturated rings. The smallest absolute Gasteiger partial charge is 0.490 e. The molecule has 1 aliphatic rings. The van der Waals surface area contributed by atoms with Gasteiger partial charge in [-0.1, -0.05) is 38.7 Å². The Labute approximate surface area is 185 Å². The van der Waals surface area contributed by atoms with Crippen LogP contribution < -0.4 is 4.74 Å². The van der Waals surface area contributed by atoms with Crippen molar-refractivity contribution in [2.75, 3.05) is 13.2 Å². The van der Waals surface area contributed by atoms with Gasteiger partial charge in [0, 0.05) is 6.42 Å². The maximum absolute atomic E-state index is 14.7. The minimum Gasteiger partial charge on any atom is -0.490 e. The minimum atomic E-state index is -0.935. The van der Waals surface area contributed by atoms with Crippen LogP contribution >= 0.6 is 0 Å². The van der Waals surface area contributed by atoms with E-state index in [1.807, 2.05) is 0 Å². The number of hydrogen-bond donors (Lipinski definition) is 0. The molecule has 0 amide bonds. The Kier molecular flexibility index (Phi) is 10.0. The van der Waals surface area contributed by atoms with Crippen molar-refractivity contribution in [2.45, 2.75) is 97.0 Å². The second kappa shape index (κ2) is 12.3. The van der Waals surface area contributed by atoms with Gasteiger partial charge in [-0.3, -0.25) is 0 Å². The van der Waals surface area contributed by atoms with E-state index in [1.54, 1.807) is 26.8 Å². The molecule has 1 saturated carbocycles. The van der Waals surface area contributed by atoms with E-state index in [-0.39, 0.29) is 24.9 Å². The first kappa shape index (κ1) is 25.4. The number of halogens is 2. The van der Waals surface area contributed by atoms with Gasteiger partial charge in [-0.25, -0.2) is 9.18 Å². The van der Waals surface area contributed by atoms with Crippen molar-refractivity contribution in [3.8, 4) is 5.75 Å². The lowest BCUT2D eigenvalue weighted by Gasteiger charge is -2.29. The van der Waals surface area contributed by atoms with Gasteiger partial charge < -0.3 is 14.2 Å². The Morgan fingerprint density at radius 2 is 1.71 bits per heavy atom. The zero-order chi connectivity index (χ0) is 22.9. The molecule has 0 heterocycles. The lowest BCUT2D eigenvalue weighted by atomic mass is 9.77. The molecule has 2 rings (SSSR count). The summed E-state index contributed by atoms with van der Waals surface area (Å²) in [7, 11) is 0. The summed E-state index contributed by atoms with van der Waals surface area (Å²) in [6, 6.07) is 3.17. The fourth-order valence-corrected chi connectivity index (χ4v) is 4.09. The summed E-state index contributed by atoms with van der Waals surface area (Å²) in [5.74, 6) is -1.03. The van der Waals surface area contributed by atoms with E-state index in [4.69, 9.17) is 14.2 Å². The number of carbonyl (C=O) groups excluding carboxylic acids is 1. The summed E-state index contributed by atoms with van der Waals surface area (Å²) in [5, 5.41) is 0. The number of benzene rings is 1. The molecule has 0 spiro atoms. The Morgan fingerprint density at radius 1 is 1.00 bits per heavy atom. The van der Waals surface area contributed by atoms with Gasteiger partial charge in [0.1, 0.15) is 5.60 Å². The molecule has 31 heavy (non-hydrogen) atoms. The third kappa shape index (κ3) is 8.66. The van der Waals surface area contributed by atoms with Crippen LogP contribution in [0.2, 0.25) is 0 Å². The minimum absolute atomic E-state index is 0.0770. The molecule has 1 aliphatic carbocycles. The highest BCUT2D eigenvalue weighted by Gasteiger charge is 2.26. The predicted molar refractivity (Wildman–Crippen MR) is 117 cm³/mol. The van der Waals surface area contributed by atoms with Crippen molar-refractivity contribution in [1.82, 2.24) is 0 Å². The van der Waals surface area contributed by atoms with Gasteiger partial charge in [-0.05, 0) is 69.9 Å². The van der Waals surface area contributed by atoms with E-state index in [2.05, 4.69) is 6.92 Å². The van der Waals surface area contributed by atoms with Crippen LogP contribution in [0.15, 0.2) is 12.1 Å². The Morgan fingerprint density at radius 3 is 2.35 bits per heavy atom. The normalized spacial score (nSPS) is 19.2. The predicted octanol–water partition coefficient (Wildman–Crippen LogP) is 7.54. The quantitative estimate of drug-likeness (QED) is 0.278. The number of hydrogen-bond acceptors (Lipinski definition) is 4. The van der Waals surface area contributed by atoms with Gasteiger partial charge in [0.25, 0.3) is 0 Å². The first-order valence-corrected chi connectivity index (χ1v) is 11.7. The van der Waals surface area contributed by atoms with Gasteiger partial charge >= 0.3 is 6.16 Å². The van der Waals surface area contributed by atoms with E-state index in [9.17, 15) is 13.6 Å². The standard InChI is InChI=1S/C25H38F2O4/c1-5-6-7-9-18-10-12-19(13-11-18)20-14-15-21(23(27)22(20)26)29-16-8-17-30-24(28)31-25(2,3)4/h14-15,18-19H,5-13,16-17H2,1-4H3/t18-,19-. The molecule has 1 aromatic carbocycles. The summed E-state index contributed by atoms with van der Waals surface area (Å²) in [6.07, 6.45) is 8.62. The Hall–Kier alpha value is -1.85. The summed E-state index contributed by atoms with van der Waals surface area (Å²) >= 11 is 0. The highest BCUT2D eigenvalue weighted by Crippen LogP contribution is 2.40. The van der Waals surface area contributed by atoms with Crippen molar-refractivity contribution >= 4 is 6.16 Å². The zero-order valence-corrected chi connectivity index (χ0v) is 19.5. The summed E-state index contributed by atoms with van der Waals surface area (Å²) in [6.45, 7) is 7.65. The molecule has 0 aromatic heterocycles. The second-order valence-corrected chi connectivity index (χ2v) is 9.51. The largest absolute Gasteiger partial charge is 0.508 e. The number of unbranched alkanes of at least 4 members (excludes halogenated alkanes) is 2. The summed E-state index contributed by atoms with van der Waals surface area (Å²) in [5.41, 5.74) is -0.158. The number of rotatable bonds is 10. The molecule has 176 valence electrons. The van der Waals surface area contributed by atoms with E-state index >= 15 is 0 Å². The summed E-state index contributed by atoms with van der Waals surface area (Å²) < 4.78 is 44.5. The average molecular weight is 441 g/mol. The van der Waals surface area contributed by atoms with Crippen LogP contribution in [0, 0.1) is 17.6 Å². The lowest BCUT2D eigenvalue weighted by Crippen LogP contribution is -2.24. The van der Waals surface area contributed by atoms with Crippen LogP contribution in [0.3, 0.4) is 0 Å². The molecule has 0 saturated heterocycles. The van der Waals surface area contributed by atoms with Crippen LogP contribution in [0.25, 0.3) is 0 Å². The third-order valence-corrected chi connectivity index (χ3v) is 5.73. The monoisotopic (exact) mass is 440 g/mol. The molecule has 4 nitrogen and oxygen atoms in total.